The van der Waals surface area contributed by atoms with Crippen LogP contribution in [0.2, 0.25) is 5.02 Å². The highest BCUT2D eigenvalue weighted by Gasteiger charge is 2.10. The number of H-pyrrole nitrogens is 1. The fraction of sp³-hybridized carbons (Fsp3) is 0.0909. The van der Waals surface area contributed by atoms with Gasteiger partial charge in [0.15, 0.2) is 0 Å². The molecule has 88 valence electrons. The summed E-state index contributed by atoms with van der Waals surface area (Å²) in [5.41, 5.74) is -0.192. The van der Waals surface area contributed by atoms with E-state index in [0.29, 0.717) is 10.7 Å². The summed E-state index contributed by atoms with van der Waals surface area (Å²) in [6.45, 7) is 1.83. The monoisotopic (exact) mass is 252 g/mol. The molecule has 2 rings (SSSR count). The van der Waals surface area contributed by atoms with E-state index in [1.807, 2.05) is 6.92 Å². The van der Waals surface area contributed by atoms with Crippen LogP contribution in [-0.2, 0) is 0 Å². The zero-order chi connectivity index (χ0) is 12.6. The first kappa shape index (κ1) is 11.5. The Labute approximate surface area is 101 Å². The normalized spacial score (nSPS) is 10.5. The van der Waals surface area contributed by atoms with Gasteiger partial charge in [-0.05, 0) is 24.6 Å². The van der Waals surface area contributed by atoms with Gasteiger partial charge >= 0.3 is 5.69 Å². The number of aryl methyl sites for hydroxylation is 1. The standard InChI is InChI=1S/C11H9ClN2O3/c1-6-2-3-7(12)8(4-6)14-10(16)5-9(15)13-11(14)17/h2-5,16H,1H3,(H,13,15,17). The largest absolute Gasteiger partial charge is 0.494 e. The van der Waals surface area contributed by atoms with E-state index in [1.165, 1.54) is 0 Å². The molecule has 2 aromatic rings. The van der Waals surface area contributed by atoms with Gasteiger partial charge in [0, 0.05) is 0 Å². The van der Waals surface area contributed by atoms with Crippen molar-refractivity contribution < 1.29 is 5.11 Å². The molecule has 0 saturated carbocycles. The number of hydrogen-bond acceptors (Lipinski definition) is 3. The molecule has 0 radical (unpaired) electrons. The van der Waals surface area contributed by atoms with Gasteiger partial charge in [0.2, 0.25) is 5.88 Å². The Morgan fingerprint density at radius 3 is 2.65 bits per heavy atom. The number of halogens is 1. The zero-order valence-electron chi connectivity index (χ0n) is 8.90. The molecule has 0 bridgehead atoms. The van der Waals surface area contributed by atoms with Crippen LogP contribution in [0.4, 0.5) is 0 Å². The molecule has 17 heavy (non-hydrogen) atoms. The van der Waals surface area contributed by atoms with E-state index >= 15 is 0 Å². The van der Waals surface area contributed by atoms with Crippen molar-refractivity contribution in [3.05, 3.63) is 55.7 Å². The first-order valence-corrected chi connectivity index (χ1v) is 5.19. The Kier molecular flexibility index (Phi) is 2.77. The second-order valence-electron chi connectivity index (χ2n) is 3.59. The summed E-state index contributed by atoms with van der Waals surface area (Å²) in [7, 11) is 0. The van der Waals surface area contributed by atoms with Gasteiger partial charge in [-0.25, -0.2) is 9.36 Å². The second-order valence-corrected chi connectivity index (χ2v) is 3.99. The third kappa shape index (κ3) is 2.09. The lowest BCUT2D eigenvalue weighted by Crippen LogP contribution is -2.28. The maximum absolute atomic E-state index is 11.6. The van der Waals surface area contributed by atoms with E-state index in [-0.39, 0.29) is 0 Å². The van der Waals surface area contributed by atoms with Crippen molar-refractivity contribution in [3.63, 3.8) is 0 Å². The van der Waals surface area contributed by atoms with Crippen LogP contribution in [0.3, 0.4) is 0 Å². The summed E-state index contributed by atoms with van der Waals surface area (Å²) in [4.78, 5) is 24.7. The Hall–Kier alpha value is -2.01. The lowest BCUT2D eigenvalue weighted by atomic mass is 10.2. The minimum absolute atomic E-state index is 0.306. The van der Waals surface area contributed by atoms with E-state index in [4.69, 9.17) is 11.6 Å². The third-order valence-corrected chi connectivity index (χ3v) is 2.58. The molecule has 0 spiro atoms. The summed E-state index contributed by atoms with van der Waals surface area (Å²) in [6.07, 6.45) is 0. The van der Waals surface area contributed by atoms with Crippen LogP contribution in [0.1, 0.15) is 5.56 Å². The molecule has 1 aromatic carbocycles. The molecule has 0 atom stereocenters. The Morgan fingerprint density at radius 1 is 1.29 bits per heavy atom. The van der Waals surface area contributed by atoms with Gasteiger partial charge in [0.1, 0.15) is 0 Å². The van der Waals surface area contributed by atoms with Gasteiger partial charge < -0.3 is 5.11 Å². The Balaban J connectivity index is 2.81. The Morgan fingerprint density at radius 2 is 2.00 bits per heavy atom. The van der Waals surface area contributed by atoms with Gasteiger partial charge in [0.05, 0.1) is 16.8 Å². The summed E-state index contributed by atoms with van der Waals surface area (Å²) in [5.74, 6) is -0.453. The van der Waals surface area contributed by atoms with Gasteiger partial charge in [-0.2, -0.15) is 0 Å². The molecule has 2 N–H and O–H groups in total. The fourth-order valence-electron chi connectivity index (χ4n) is 1.51. The van der Waals surface area contributed by atoms with E-state index in [0.717, 1.165) is 16.2 Å². The van der Waals surface area contributed by atoms with Crippen molar-refractivity contribution in [1.82, 2.24) is 9.55 Å². The van der Waals surface area contributed by atoms with Crippen LogP contribution in [0.25, 0.3) is 5.69 Å². The smallest absolute Gasteiger partial charge is 0.335 e. The van der Waals surface area contributed by atoms with E-state index in [2.05, 4.69) is 4.98 Å². The van der Waals surface area contributed by atoms with Gasteiger partial charge in [-0.1, -0.05) is 17.7 Å². The van der Waals surface area contributed by atoms with Crippen LogP contribution in [-0.4, -0.2) is 14.7 Å². The van der Waals surface area contributed by atoms with Crippen LogP contribution in [0.5, 0.6) is 5.88 Å². The predicted octanol–water partition coefficient (Wildman–Crippen LogP) is 1.19. The molecule has 0 aliphatic carbocycles. The van der Waals surface area contributed by atoms with Crippen LogP contribution >= 0.6 is 11.6 Å². The van der Waals surface area contributed by atoms with Crippen LogP contribution in [0, 0.1) is 6.92 Å². The average molecular weight is 253 g/mol. The number of nitrogens with zero attached hydrogens (tertiary/aromatic N) is 1. The molecular weight excluding hydrogens is 244 g/mol. The molecule has 0 fully saturated rings. The second kappa shape index (κ2) is 4.10. The van der Waals surface area contributed by atoms with Crippen molar-refractivity contribution in [2.45, 2.75) is 6.92 Å². The quantitative estimate of drug-likeness (QED) is 0.801. The number of nitrogens with one attached hydrogen (secondary N) is 1. The molecule has 0 saturated heterocycles. The average Bonchev–Trinajstić information content (AvgIpc) is 2.21. The number of hydrogen-bond donors (Lipinski definition) is 2. The highest BCUT2D eigenvalue weighted by atomic mass is 35.5. The van der Waals surface area contributed by atoms with E-state index in [1.54, 1.807) is 18.2 Å². The number of aromatic hydroxyl groups is 1. The van der Waals surface area contributed by atoms with Crippen molar-refractivity contribution in [1.29, 1.82) is 0 Å². The van der Waals surface area contributed by atoms with Gasteiger partial charge in [0.25, 0.3) is 5.56 Å². The van der Waals surface area contributed by atoms with E-state index < -0.39 is 17.1 Å². The van der Waals surface area contributed by atoms with Gasteiger partial charge in [-0.15, -0.1) is 0 Å². The predicted molar refractivity (Wildman–Crippen MR) is 64.1 cm³/mol. The highest BCUT2D eigenvalue weighted by molar-refractivity contribution is 6.32. The van der Waals surface area contributed by atoms with E-state index in [9.17, 15) is 14.7 Å². The fourth-order valence-corrected chi connectivity index (χ4v) is 1.71. The summed E-state index contributed by atoms with van der Waals surface area (Å²) in [6, 6.07) is 5.95. The molecule has 5 nitrogen and oxygen atoms in total. The molecule has 6 heteroatoms. The first-order chi connectivity index (χ1) is 7.99. The summed E-state index contributed by atoms with van der Waals surface area (Å²) >= 11 is 5.95. The number of aromatic amines is 1. The van der Waals surface area contributed by atoms with Crippen molar-refractivity contribution in [2.75, 3.05) is 0 Å². The zero-order valence-corrected chi connectivity index (χ0v) is 9.65. The van der Waals surface area contributed by atoms with Crippen molar-refractivity contribution in [3.8, 4) is 11.6 Å². The summed E-state index contributed by atoms with van der Waals surface area (Å²) < 4.78 is 0.941. The third-order valence-electron chi connectivity index (χ3n) is 2.27. The molecule has 1 heterocycles. The first-order valence-electron chi connectivity index (χ1n) is 4.81. The molecule has 0 amide bonds. The van der Waals surface area contributed by atoms with Crippen molar-refractivity contribution >= 4 is 11.6 Å². The minimum atomic E-state index is -0.734. The van der Waals surface area contributed by atoms with Crippen molar-refractivity contribution in [2.24, 2.45) is 0 Å². The number of benzene rings is 1. The highest BCUT2D eigenvalue weighted by Crippen LogP contribution is 2.22. The number of aromatic nitrogens is 2. The minimum Gasteiger partial charge on any atom is -0.494 e. The maximum atomic E-state index is 11.6. The van der Waals surface area contributed by atoms with Crippen LogP contribution < -0.4 is 11.2 Å². The molecule has 0 unspecified atom stereocenters. The SMILES string of the molecule is Cc1ccc(Cl)c(-n2c(O)cc(=O)[nH]c2=O)c1. The summed E-state index contributed by atoms with van der Waals surface area (Å²) in [5, 5.41) is 9.93. The molecule has 0 aliphatic rings. The number of rotatable bonds is 1. The maximum Gasteiger partial charge on any atom is 0.335 e. The molecule has 1 aromatic heterocycles. The lowest BCUT2D eigenvalue weighted by molar-refractivity contribution is 0.431. The Bertz CT molecular complexity index is 688. The molecule has 0 aliphatic heterocycles. The molecular formula is C11H9ClN2O3. The topological polar surface area (TPSA) is 75.1 Å². The van der Waals surface area contributed by atoms with Crippen LogP contribution in [0.15, 0.2) is 33.9 Å². The lowest BCUT2D eigenvalue weighted by Gasteiger charge is -2.09. The van der Waals surface area contributed by atoms with Gasteiger partial charge in [-0.3, -0.25) is 9.78 Å².